The molecular formula is C12H10Br2ClN3O. The third-order valence-electron chi connectivity index (χ3n) is 2.36. The van der Waals surface area contributed by atoms with Crippen LogP contribution in [-0.2, 0) is 0 Å². The number of benzene rings is 1. The number of hydrogen-bond acceptors (Lipinski definition) is 4. The molecule has 3 N–H and O–H groups in total. The molecule has 0 saturated heterocycles. The predicted molar refractivity (Wildman–Crippen MR) is 85.3 cm³/mol. The molecule has 1 aromatic heterocycles. The molecule has 0 aliphatic carbocycles. The lowest BCUT2D eigenvalue weighted by Crippen LogP contribution is -1.98. The van der Waals surface area contributed by atoms with Gasteiger partial charge in [0.05, 0.1) is 34.2 Å². The van der Waals surface area contributed by atoms with Gasteiger partial charge in [-0.3, -0.25) is 0 Å². The number of aromatic nitrogens is 1. The van der Waals surface area contributed by atoms with Gasteiger partial charge in [0.2, 0.25) is 0 Å². The highest BCUT2D eigenvalue weighted by atomic mass is 79.9. The molecule has 0 amide bonds. The number of methoxy groups -OCH3 is 1. The maximum atomic E-state index is 6.08. The standard InChI is InChI=1S/C12H10Br2ClN3O/c1-19-11-4-10(7(13)3-8(11)14)18-12-9(15)2-6(16)5-17-12/h2-5H,16H2,1H3,(H,17,18). The molecule has 7 heteroatoms. The zero-order chi connectivity index (χ0) is 14.0. The molecule has 2 rings (SSSR count). The van der Waals surface area contributed by atoms with Gasteiger partial charge in [0.15, 0.2) is 0 Å². The summed E-state index contributed by atoms with van der Waals surface area (Å²) < 4.78 is 6.95. The Morgan fingerprint density at radius 2 is 2.00 bits per heavy atom. The van der Waals surface area contributed by atoms with E-state index in [0.29, 0.717) is 22.3 Å². The smallest absolute Gasteiger partial charge is 0.149 e. The van der Waals surface area contributed by atoms with Crippen molar-refractivity contribution in [2.75, 3.05) is 18.2 Å². The van der Waals surface area contributed by atoms with Gasteiger partial charge >= 0.3 is 0 Å². The van der Waals surface area contributed by atoms with E-state index in [0.717, 1.165) is 14.6 Å². The number of nitrogens with one attached hydrogen (secondary N) is 1. The molecule has 0 fully saturated rings. The molecule has 0 atom stereocenters. The number of ether oxygens (including phenoxy) is 1. The minimum Gasteiger partial charge on any atom is -0.495 e. The number of halogens is 3. The van der Waals surface area contributed by atoms with Crippen molar-refractivity contribution in [1.29, 1.82) is 0 Å². The highest BCUT2D eigenvalue weighted by Gasteiger charge is 2.10. The summed E-state index contributed by atoms with van der Waals surface area (Å²) >= 11 is 12.9. The van der Waals surface area contributed by atoms with Crippen molar-refractivity contribution in [2.45, 2.75) is 0 Å². The van der Waals surface area contributed by atoms with Crippen LogP contribution in [0.2, 0.25) is 5.02 Å². The normalized spacial score (nSPS) is 10.3. The lowest BCUT2D eigenvalue weighted by molar-refractivity contribution is 0.412. The van der Waals surface area contributed by atoms with Gasteiger partial charge < -0.3 is 15.8 Å². The first-order chi connectivity index (χ1) is 9.01. The van der Waals surface area contributed by atoms with Gasteiger partial charge in [-0.2, -0.15) is 0 Å². The zero-order valence-corrected chi connectivity index (χ0v) is 13.8. The van der Waals surface area contributed by atoms with Gasteiger partial charge in [-0.25, -0.2) is 4.98 Å². The number of nitrogens with two attached hydrogens (primary N) is 1. The fourth-order valence-electron chi connectivity index (χ4n) is 1.45. The Hall–Kier alpha value is -0.980. The van der Waals surface area contributed by atoms with Crippen molar-refractivity contribution >= 4 is 60.7 Å². The number of anilines is 3. The third kappa shape index (κ3) is 3.32. The Labute approximate surface area is 132 Å². The van der Waals surface area contributed by atoms with Crippen LogP contribution in [0.25, 0.3) is 0 Å². The van der Waals surface area contributed by atoms with Gasteiger partial charge in [0.25, 0.3) is 0 Å². The van der Waals surface area contributed by atoms with Crippen molar-refractivity contribution in [2.24, 2.45) is 0 Å². The minimum atomic E-state index is 0.453. The third-order valence-corrected chi connectivity index (χ3v) is 3.92. The number of rotatable bonds is 3. The number of hydrogen-bond donors (Lipinski definition) is 2. The molecule has 0 aliphatic heterocycles. The molecule has 0 spiro atoms. The van der Waals surface area contributed by atoms with Gasteiger partial charge in [-0.1, -0.05) is 11.6 Å². The Morgan fingerprint density at radius 1 is 1.26 bits per heavy atom. The van der Waals surface area contributed by atoms with Gasteiger partial charge in [0, 0.05) is 10.5 Å². The van der Waals surface area contributed by atoms with Crippen LogP contribution < -0.4 is 15.8 Å². The van der Waals surface area contributed by atoms with E-state index in [1.165, 1.54) is 6.20 Å². The topological polar surface area (TPSA) is 60.2 Å². The lowest BCUT2D eigenvalue weighted by Gasteiger charge is -2.12. The van der Waals surface area contributed by atoms with E-state index in [1.54, 1.807) is 13.2 Å². The minimum absolute atomic E-state index is 0.453. The first kappa shape index (κ1) is 14.4. The maximum Gasteiger partial charge on any atom is 0.149 e. The fraction of sp³-hybridized carbons (Fsp3) is 0.0833. The van der Waals surface area contributed by atoms with Crippen molar-refractivity contribution in [3.8, 4) is 5.75 Å². The Bertz CT molecular complexity index is 622. The second-order valence-electron chi connectivity index (χ2n) is 3.69. The summed E-state index contributed by atoms with van der Waals surface area (Å²) in [7, 11) is 1.60. The van der Waals surface area contributed by atoms with Crippen LogP contribution >= 0.6 is 43.5 Å². The molecule has 0 saturated carbocycles. The first-order valence-electron chi connectivity index (χ1n) is 5.22. The van der Waals surface area contributed by atoms with Gasteiger partial charge in [-0.05, 0) is 44.0 Å². The van der Waals surface area contributed by atoms with E-state index in [2.05, 4.69) is 42.2 Å². The molecule has 4 nitrogen and oxygen atoms in total. The molecule has 0 unspecified atom stereocenters. The van der Waals surface area contributed by atoms with Crippen LogP contribution in [0.1, 0.15) is 0 Å². The van der Waals surface area contributed by atoms with E-state index in [-0.39, 0.29) is 0 Å². The van der Waals surface area contributed by atoms with Crippen LogP contribution in [0.4, 0.5) is 17.2 Å². The molecule has 19 heavy (non-hydrogen) atoms. The van der Waals surface area contributed by atoms with Crippen LogP contribution in [0.5, 0.6) is 5.75 Å². The predicted octanol–water partition coefficient (Wildman–Crippen LogP) is 4.59. The lowest BCUT2D eigenvalue weighted by atomic mass is 10.3. The summed E-state index contributed by atoms with van der Waals surface area (Å²) in [4.78, 5) is 4.15. The van der Waals surface area contributed by atoms with Crippen LogP contribution in [-0.4, -0.2) is 12.1 Å². The molecule has 0 aliphatic rings. The average molecular weight is 407 g/mol. The Morgan fingerprint density at radius 3 is 2.63 bits per heavy atom. The van der Waals surface area contributed by atoms with Crippen molar-refractivity contribution in [3.63, 3.8) is 0 Å². The van der Waals surface area contributed by atoms with E-state index >= 15 is 0 Å². The Balaban J connectivity index is 2.37. The van der Waals surface area contributed by atoms with Crippen LogP contribution in [0.15, 0.2) is 33.3 Å². The molecule has 1 aromatic carbocycles. The second kappa shape index (κ2) is 5.98. The Kier molecular flexibility index (Phi) is 4.54. The maximum absolute atomic E-state index is 6.08. The van der Waals surface area contributed by atoms with Crippen molar-refractivity contribution < 1.29 is 4.74 Å². The largest absolute Gasteiger partial charge is 0.495 e. The van der Waals surface area contributed by atoms with Gasteiger partial charge in [-0.15, -0.1) is 0 Å². The molecule has 2 aromatic rings. The molecule has 1 heterocycles. The summed E-state index contributed by atoms with van der Waals surface area (Å²) in [6.45, 7) is 0. The molecular weight excluding hydrogens is 397 g/mol. The fourth-order valence-corrected chi connectivity index (χ4v) is 2.93. The molecule has 100 valence electrons. The van der Waals surface area contributed by atoms with E-state index in [9.17, 15) is 0 Å². The van der Waals surface area contributed by atoms with E-state index in [4.69, 9.17) is 22.1 Å². The summed E-state index contributed by atoms with van der Waals surface area (Å²) in [6, 6.07) is 5.36. The SMILES string of the molecule is COc1cc(Nc2ncc(N)cc2Cl)c(Br)cc1Br. The van der Waals surface area contributed by atoms with Gasteiger partial charge in [0.1, 0.15) is 11.6 Å². The van der Waals surface area contributed by atoms with Crippen molar-refractivity contribution in [3.05, 3.63) is 38.4 Å². The number of pyridine rings is 1. The number of nitrogen functional groups attached to an aromatic ring is 1. The summed E-state index contributed by atoms with van der Waals surface area (Å²) in [5, 5.41) is 3.58. The highest BCUT2D eigenvalue weighted by Crippen LogP contribution is 2.36. The quantitative estimate of drug-likeness (QED) is 0.781. The summed E-state index contributed by atoms with van der Waals surface area (Å²) in [6.07, 6.45) is 1.54. The monoisotopic (exact) mass is 405 g/mol. The second-order valence-corrected chi connectivity index (χ2v) is 5.81. The zero-order valence-electron chi connectivity index (χ0n) is 9.88. The summed E-state index contributed by atoms with van der Waals surface area (Å²) in [5.41, 5.74) is 6.91. The molecule has 0 bridgehead atoms. The van der Waals surface area contributed by atoms with E-state index in [1.807, 2.05) is 12.1 Å². The highest BCUT2D eigenvalue weighted by molar-refractivity contribution is 9.11. The van der Waals surface area contributed by atoms with E-state index < -0.39 is 0 Å². The number of nitrogens with zero attached hydrogens (tertiary/aromatic N) is 1. The van der Waals surface area contributed by atoms with Crippen molar-refractivity contribution in [1.82, 2.24) is 4.98 Å². The average Bonchev–Trinajstić information content (AvgIpc) is 2.35. The van der Waals surface area contributed by atoms with Crippen LogP contribution in [0, 0.1) is 0 Å². The first-order valence-corrected chi connectivity index (χ1v) is 7.18. The van der Waals surface area contributed by atoms with Crippen LogP contribution in [0.3, 0.4) is 0 Å². The summed E-state index contributed by atoms with van der Waals surface area (Å²) in [5.74, 6) is 1.23. The molecule has 0 radical (unpaired) electrons.